The fourth-order valence-corrected chi connectivity index (χ4v) is 6.44. The van der Waals surface area contributed by atoms with Crippen molar-refractivity contribution in [3.63, 3.8) is 0 Å². The number of amides is 2. The highest BCUT2D eigenvalue weighted by Crippen LogP contribution is 2.38. The Morgan fingerprint density at radius 3 is 2.73 bits per heavy atom. The molecule has 2 aromatic heterocycles. The van der Waals surface area contributed by atoms with E-state index in [4.69, 9.17) is 10.5 Å². The fraction of sp³-hybridized carbons (Fsp3) is 0.652. The van der Waals surface area contributed by atoms with Crippen molar-refractivity contribution in [2.45, 2.75) is 69.7 Å². The first-order valence-electron chi connectivity index (χ1n) is 11.9. The average Bonchev–Trinajstić information content (AvgIpc) is 3.47. The second-order valence-electron chi connectivity index (χ2n) is 9.47. The lowest BCUT2D eigenvalue weighted by Crippen LogP contribution is -2.44. The van der Waals surface area contributed by atoms with Crippen molar-refractivity contribution in [3.8, 4) is 0 Å². The Kier molecular flexibility index (Phi) is 6.49. The number of carbonyl (C=O) groups excluding carboxylic acids is 2. The average molecular weight is 473 g/mol. The summed E-state index contributed by atoms with van der Waals surface area (Å²) in [5.41, 5.74) is 6.58. The Labute approximate surface area is 197 Å². The Hall–Kier alpha value is -2.30. The van der Waals surface area contributed by atoms with Crippen molar-refractivity contribution in [1.82, 2.24) is 19.8 Å². The summed E-state index contributed by atoms with van der Waals surface area (Å²) in [4.78, 5) is 39.4. The third-order valence-electron chi connectivity index (χ3n) is 7.30. The Balaban J connectivity index is 1.22. The summed E-state index contributed by atoms with van der Waals surface area (Å²) in [5.74, 6) is 0.666. The van der Waals surface area contributed by atoms with E-state index in [2.05, 4.69) is 27.2 Å². The van der Waals surface area contributed by atoms with Crippen molar-refractivity contribution < 1.29 is 14.3 Å². The summed E-state index contributed by atoms with van der Waals surface area (Å²) >= 11 is 1.60. The highest BCUT2D eigenvalue weighted by atomic mass is 32.1. The fourth-order valence-electron chi connectivity index (χ4n) is 5.35. The molecule has 1 aliphatic carbocycles. The van der Waals surface area contributed by atoms with Crippen molar-refractivity contribution in [2.24, 2.45) is 5.73 Å². The Morgan fingerprint density at radius 2 is 2.00 bits per heavy atom. The van der Waals surface area contributed by atoms with Gasteiger partial charge in [0.1, 0.15) is 23.1 Å². The minimum atomic E-state index is -0.599. The summed E-state index contributed by atoms with van der Waals surface area (Å²) in [7, 11) is 2.08. The number of ether oxygens (including phenoxy) is 1. The molecule has 0 spiro atoms. The second-order valence-corrected chi connectivity index (χ2v) is 10.5. The number of nitrogens with two attached hydrogens (primary N) is 1. The van der Waals surface area contributed by atoms with Crippen molar-refractivity contribution in [3.05, 3.63) is 16.8 Å². The molecule has 2 aromatic rings. The van der Waals surface area contributed by atoms with Crippen molar-refractivity contribution in [1.29, 1.82) is 0 Å². The standard InChI is InChI=1S/C23H32N6O3S/c1-28(11-19(30)29-8-2-3-9-29)15-6-4-14(5-7-15)27-22-20-16-10-17(21(24)31)32-12-18(16)33-23(20)26-13-25-22/h13-15,17H,2-12H2,1H3,(H2,24,31)(H,25,26,27). The van der Waals surface area contributed by atoms with Gasteiger partial charge < -0.3 is 20.7 Å². The SMILES string of the molecule is CN(CC(=O)N1CCCC1)C1CCC(Nc2ncnc3sc4c(c23)CC(C(N)=O)OC4)CC1. The number of anilines is 1. The maximum atomic E-state index is 12.5. The van der Waals surface area contributed by atoms with Gasteiger partial charge in [0.15, 0.2) is 0 Å². The smallest absolute Gasteiger partial charge is 0.246 e. The molecule has 10 heteroatoms. The van der Waals surface area contributed by atoms with E-state index in [0.717, 1.165) is 78.1 Å². The van der Waals surface area contributed by atoms with Crippen LogP contribution in [0.3, 0.4) is 0 Å². The Bertz CT molecular complexity index is 1030. The molecule has 178 valence electrons. The highest BCUT2D eigenvalue weighted by molar-refractivity contribution is 7.18. The largest absolute Gasteiger partial charge is 0.367 e. The van der Waals surface area contributed by atoms with E-state index >= 15 is 0 Å². The lowest BCUT2D eigenvalue weighted by molar-refractivity contribution is -0.132. The van der Waals surface area contributed by atoms with Crippen LogP contribution in [0.2, 0.25) is 0 Å². The number of aromatic nitrogens is 2. The van der Waals surface area contributed by atoms with Gasteiger partial charge in [0.25, 0.3) is 0 Å². The predicted molar refractivity (Wildman–Crippen MR) is 127 cm³/mol. The van der Waals surface area contributed by atoms with Crippen LogP contribution in [0.4, 0.5) is 5.82 Å². The molecule has 3 aliphatic rings. The first-order chi connectivity index (χ1) is 16.0. The number of primary amides is 1. The van der Waals surface area contributed by atoms with Crippen LogP contribution < -0.4 is 11.1 Å². The number of hydrogen-bond donors (Lipinski definition) is 2. The van der Waals surface area contributed by atoms with E-state index in [-0.39, 0.29) is 5.91 Å². The number of likely N-dealkylation sites (N-methyl/N-ethyl adjacent to an activating group) is 1. The van der Waals surface area contributed by atoms with Gasteiger partial charge in [0.05, 0.1) is 18.5 Å². The molecule has 4 heterocycles. The third kappa shape index (κ3) is 4.69. The first kappa shape index (κ1) is 22.5. The summed E-state index contributed by atoms with van der Waals surface area (Å²) < 4.78 is 5.61. The van der Waals surface area contributed by atoms with Crippen molar-refractivity contribution >= 4 is 39.2 Å². The molecular weight excluding hydrogens is 440 g/mol. The number of thiophene rings is 1. The molecule has 1 unspecified atom stereocenters. The van der Waals surface area contributed by atoms with Crippen molar-refractivity contribution in [2.75, 3.05) is 32.0 Å². The molecule has 9 nitrogen and oxygen atoms in total. The molecule has 1 saturated heterocycles. The van der Waals surface area contributed by atoms with Crippen LogP contribution in [-0.4, -0.2) is 76.5 Å². The van der Waals surface area contributed by atoms with Crippen LogP contribution in [0.5, 0.6) is 0 Å². The van der Waals surface area contributed by atoms with Gasteiger partial charge in [-0.15, -0.1) is 11.3 Å². The van der Waals surface area contributed by atoms with Gasteiger partial charge in [0.2, 0.25) is 11.8 Å². The monoisotopic (exact) mass is 472 g/mol. The topological polar surface area (TPSA) is 114 Å². The van der Waals surface area contributed by atoms with Crippen LogP contribution in [-0.2, 0) is 27.4 Å². The maximum Gasteiger partial charge on any atom is 0.246 e. The number of carbonyl (C=O) groups is 2. The minimum absolute atomic E-state index is 0.263. The lowest BCUT2D eigenvalue weighted by atomic mass is 9.90. The van der Waals surface area contributed by atoms with Gasteiger partial charge in [-0.1, -0.05) is 0 Å². The summed E-state index contributed by atoms with van der Waals surface area (Å²) in [6, 6.07) is 0.756. The predicted octanol–water partition coefficient (Wildman–Crippen LogP) is 1.90. The molecule has 5 rings (SSSR count). The summed E-state index contributed by atoms with van der Waals surface area (Å²) in [6.45, 7) is 2.72. The molecule has 2 fully saturated rings. The van der Waals surface area contributed by atoms with E-state index < -0.39 is 12.0 Å². The van der Waals surface area contributed by atoms with E-state index in [0.29, 0.717) is 31.7 Å². The maximum absolute atomic E-state index is 12.5. The van der Waals surface area contributed by atoms with Crippen LogP contribution in [0.15, 0.2) is 6.33 Å². The lowest BCUT2D eigenvalue weighted by Gasteiger charge is -2.35. The summed E-state index contributed by atoms with van der Waals surface area (Å²) in [6.07, 6.45) is 7.88. The summed E-state index contributed by atoms with van der Waals surface area (Å²) in [5, 5.41) is 4.66. The van der Waals surface area contributed by atoms with Crippen LogP contribution in [0.25, 0.3) is 10.2 Å². The highest BCUT2D eigenvalue weighted by Gasteiger charge is 2.31. The zero-order valence-corrected chi connectivity index (χ0v) is 19.9. The van der Waals surface area contributed by atoms with E-state index in [1.807, 2.05) is 4.90 Å². The molecule has 0 radical (unpaired) electrons. The van der Waals surface area contributed by atoms with E-state index in [1.54, 1.807) is 17.7 Å². The van der Waals surface area contributed by atoms with Gasteiger partial charge in [-0.05, 0) is 51.1 Å². The van der Waals surface area contributed by atoms with Gasteiger partial charge in [-0.25, -0.2) is 9.97 Å². The normalized spacial score (nSPS) is 25.4. The molecule has 0 bridgehead atoms. The molecule has 3 N–H and O–H groups in total. The Morgan fingerprint density at radius 1 is 1.24 bits per heavy atom. The molecule has 1 atom stereocenters. The number of hydrogen-bond acceptors (Lipinski definition) is 8. The molecule has 33 heavy (non-hydrogen) atoms. The molecule has 1 saturated carbocycles. The second kappa shape index (κ2) is 9.52. The van der Waals surface area contributed by atoms with Gasteiger partial charge in [0, 0.05) is 36.5 Å². The van der Waals surface area contributed by atoms with Gasteiger partial charge >= 0.3 is 0 Å². The minimum Gasteiger partial charge on any atom is -0.367 e. The van der Waals surface area contributed by atoms with Crippen LogP contribution >= 0.6 is 11.3 Å². The zero-order valence-electron chi connectivity index (χ0n) is 19.1. The van der Waals surface area contributed by atoms with Gasteiger partial charge in [-0.3, -0.25) is 14.5 Å². The third-order valence-corrected chi connectivity index (χ3v) is 8.41. The van der Waals surface area contributed by atoms with E-state index in [9.17, 15) is 9.59 Å². The molecule has 0 aromatic carbocycles. The van der Waals surface area contributed by atoms with Gasteiger partial charge in [-0.2, -0.15) is 0 Å². The quantitative estimate of drug-likeness (QED) is 0.660. The molecule has 2 amide bonds. The molecule has 2 aliphatic heterocycles. The van der Waals surface area contributed by atoms with E-state index in [1.165, 1.54) is 0 Å². The first-order valence-corrected chi connectivity index (χ1v) is 12.7. The molecular formula is C23H32N6O3S. The van der Waals surface area contributed by atoms with Crippen LogP contribution in [0.1, 0.15) is 49.0 Å². The zero-order chi connectivity index (χ0) is 22.9. The van der Waals surface area contributed by atoms with Crippen LogP contribution in [0, 0.1) is 0 Å². The number of rotatable bonds is 6. The number of nitrogens with one attached hydrogen (secondary N) is 1. The number of nitrogens with zero attached hydrogens (tertiary/aromatic N) is 4. The number of likely N-dealkylation sites (tertiary alicyclic amines) is 1. The number of fused-ring (bicyclic) bond motifs is 3.